The van der Waals surface area contributed by atoms with Gasteiger partial charge in [0.05, 0.1) is 17.7 Å². The number of amides is 1. The molecular formula is C16H18N2O4S. The standard InChI is InChI=1S/C16H18N2O4S/c1-3-16(19)17-12-7-6-8-13(11-12)23(20,21)18-14-9-4-5-10-15(14)22-2/h4-11,18H,3H2,1-2H3,(H,17,19). The molecule has 0 saturated carbocycles. The molecule has 0 bridgehead atoms. The Morgan fingerprint density at radius 2 is 1.87 bits per heavy atom. The van der Waals surface area contributed by atoms with Gasteiger partial charge in [-0.1, -0.05) is 25.1 Å². The summed E-state index contributed by atoms with van der Waals surface area (Å²) in [6, 6.07) is 12.8. The summed E-state index contributed by atoms with van der Waals surface area (Å²) in [5.74, 6) is 0.240. The second-order valence-corrected chi connectivity index (χ2v) is 6.42. The number of rotatable bonds is 6. The van der Waals surface area contributed by atoms with Crippen LogP contribution in [-0.4, -0.2) is 21.4 Å². The van der Waals surface area contributed by atoms with Crippen LogP contribution in [0.25, 0.3) is 0 Å². The average Bonchev–Trinajstić information content (AvgIpc) is 2.55. The van der Waals surface area contributed by atoms with Crippen molar-refractivity contribution in [2.45, 2.75) is 18.2 Å². The van der Waals surface area contributed by atoms with Gasteiger partial charge in [-0.2, -0.15) is 0 Å². The molecule has 2 aromatic carbocycles. The van der Waals surface area contributed by atoms with Gasteiger partial charge in [0.2, 0.25) is 5.91 Å². The highest BCUT2D eigenvalue weighted by atomic mass is 32.2. The largest absolute Gasteiger partial charge is 0.495 e. The van der Waals surface area contributed by atoms with E-state index in [4.69, 9.17) is 4.74 Å². The Labute approximate surface area is 135 Å². The summed E-state index contributed by atoms with van der Waals surface area (Å²) in [6.45, 7) is 1.72. The number of hydrogen-bond acceptors (Lipinski definition) is 4. The van der Waals surface area contributed by atoms with E-state index in [1.807, 2.05) is 0 Å². The summed E-state index contributed by atoms with van der Waals surface area (Å²) < 4.78 is 32.6. The minimum atomic E-state index is -3.79. The van der Waals surface area contributed by atoms with E-state index in [1.54, 1.807) is 43.3 Å². The predicted molar refractivity (Wildman–Crippen MR) is 89.2 cm³/mol. The number of carbonyl (C=O) groups is 1. The van der Waals surface area contributed by atoms with Gasteiger partial charge >= 0.3 is 0 Å². The molecule has 0 aliphatic carbocycles. The van der Waals surface area contributed by atoms with Crippen molar-refractivity contribution < 1.29 is 17.9 Å². The van der Waals surface area contributed by atoms with Crippen LogP contribution < -0.4 is 14.8 Å². The summed E-state index contributed by atoms with van der Waals surface area (Å²) in [5.41, 5.74) is 0.776. The summed E-state index contributed by atoms with van der Waals surface area (Å²) in [7, 11) is -2.33. The zero-order valence-electron chi connectivity index (χ0n) is 12.9. The Kier molecular flexibility index (Phi) is 5.23. The molecule has 23 heavy (non-hydrogen) atoms. The molecule has 0 aliphatic rings. The van der Waals surface area contributed by atoms with Gasteiger partial charge in [-0.3, -0.25) is 9.52 Å². The van der Waals surface area contributed by atoms with Gasteiger partial charge in [-0.05, 0) is 30.3 Å². The lowest BCUT2D eigenvalue weighted by atomic mass is 10.3. The number of methoxy groups -OCH3 is 1. The first kappa shape index (κ1) is 16.8. The molecule has 0 spiro atoms. The van der Waals surface area contributed by atoms with Gasteiger partial charge in [0.25, 0.3) is 10.0 Å². The molecule has 0 aliphatic heterocycles. The average molecular weight is 334 g/mol. The van der Waals surface area contributed by atoms with Crippen LogP contribution in [-0.2, 0) is 14.8 Å². The van der Waals surface area contributed by atoms with Gasteiger partial charge in [-0.15, -0.1) is 0 Å². The van der Waals surface area contributed by atoms with E-state index >= 15 is 0 Å². The van der Waals surface area contributed by atoms with Crippen molar-refractivity contribution in [3.05, 3.63) is 48.5 Å². The molecule has 122 valence electrons. The number of anilines is 2. The first-order valence-corrected chi connectivity index (χ1v) is 8.50. The SMILES string of the molecule is CCC(=O)Nc1cccc(S(=O)(=O)Nc2ccccc2OC)c1. The Morgan fingerprint density at radius 3 is 2.57 bits per heavy atom. The first-order valence-electron chi connectivity index (χ1n) is 7.02. The van der Waals surface area contributed by atoms with Gasteiger partial charge in [0.1, 0.15) is 5.75 Å². The summed E-state index contributed by atoms with van der Waals surface area (Å²) >= 11 is 0. The molecular weight excluding hydrogens is 316 g/mol. The molecule has 0 aromatic heterocycles. The quantitative estimate of drug-likeness (QED) is 0.851. The van der Waals surface area contributed by atoms with Crippen molar-refractivity contribution in [1.29, 1.82) is 0 Å². The van der Waals surface area contributed by atoms with E-state index in [-0.39, 0.29) is 10.8 Å². The van der Waals surface area contributed by atoms with E-state index in [1.165, 1.54) is 19.2 Å². The zero-order valence-corrected chi connectivity index (χ0v) is 13.7. The van der Waals surface area contributed by atoms with E-state index in [0.717, 1.165) is 0 Å². The molecule has 0 heterocycles. The van der Waals surface area contributed by atoms with Crippen LogP contribution in [0.4, 0.5) is 11.4 Å². The van der Waals surface area contributed by atoms with Crippen LogP contribution in [0, 0.1) is 0 Å². The van der Waals surface area contributed by atoms with Crippen LogP contribution in [0.15, 0.2) is 53.4 Å². The smallest absolute Gasteiger partial charge is 0.262 e. The maximum absolute atomic E-state index is 12.5. The third-order valence-corrected chi connectivity index (χ3v) is 4.46. The van der Waals surface area contributed by atoms with E-state index in [2.05, 4.69) is 10.0 Å². The van der Waals surface area contributed by atoms with Gasteiger partial charge in [0.15, 0.2) is 0 Å². The lowest BCUT2D eigenvalue weighted by Gasteiger charge is -2.12. The Hall–Kier alpha value is -2.54. The molecule has 1 amide bonds. The van der Waals surface area contributed by atoms with E-state index in [9.17, 15) is 13.2 Å². The fraction of sp³-hybridized carbons (Fsp3) is 0.188. The summed E-state index contributed by atoms with van der Waals surface area (Å²) in [4.78, 5) is 11.5. The van der Waals surface area contributed by atoms with Crippen LogP contribution in [0.1, 0.15) is 13.3 Å². The Balaban J connectivity index is 2.29. The first-order chi connectivity index (χ1) is 11.0. The number of nitrogens with one attached hydrogen (secondary N) is 2. The number of benzene rings is 2. The maximum Gasteiger partial charge on any atom is 0.262 e. The Bertz CT molecular complexity index is 803. The highest BCUT2D eigenvalue weighted by Crippen LogP contribution is 2.26. The molecule has 2 aromatic rings. The molecule has 2 rings (SSSR count). The lowest BCUT2D eigenvalue weighted by molar-refractivity contribution is -0.115. The maximum atomic E-state index is 12.5. The molecule has 0 saturated heterocycles. The van der Waals surface area contributed by atoms with Crippen LogP contribution >= 0.6 is 0 Å². The Morgan fingerprint density at radius 1 is 1.13 bits per heavy atom. The summed E-state index contributed by atoms with van der Waals surface area (Å²) in [6.07, 6.45) is 0.316. The highest BCUT2D eigenvalue weighted by Gasteiger charge is 2.17. The third kappa shape index (κ3) is 4.23. The lowest BCUT2D eigenvalue weighted by Crippen LogP contribution is -2.15. The minimum Gasteiger partial charge on any atom is -0.495 e. The van der Waals surface area contributed by atoms with Crippen LogP contribution in [0.5, 0.6) is 5.75 Å². The molecule has 0 unspecified atom stereocenters. The fourth-order valence-electron chi connectivity index (χ4n) is 1.92. The molecule has 0 fully saturated rings. The van der Waals surface area contributed by atoms with E-state index in [0.29, 0.717) is 23.5 Å². The second-order valence-electron chi connectivity index (χ2n) is 4.74. The normalized spacial score (nSPS) is 10.9. The van der Waals surface area contributed by atoms with Crippen molar-refractivity contribution >= 4 is 27.3 Å². The van der Waals surface area contributed by atoms with Gasteiger partial charge < -0.3 is 10.1 Å². The fourth-order valence-corrected chi connectivity index (χ4v) is 3.04. The molecule has 2 N–H and O–H groups in total. The van der Waals surface area contributed by atoms with Gasteiger partial charge in [0, 0.05) is 12.1 Å². The predicted octanol–water partition coefficient (Wildman–Crippen LogP) is 2.84. The van der Waals surface area contributed by atoms with Crippen LogP contribution in [0.3, 0.4) is 0 Å². The van der Waals surface area contributed by atoms with Crippen molar-refractivity contribution in [2.24, 2.45) is 0 Å². The topological polar surface area (TPSA) is 84.5 Å². The minimum absolute atomic E-state index is 0.0531. The molecule has 0 radical (unpaired) electrons. The van der Waals surface area contributed by atoms with Crippen molar-refractivity contribution in [1.82, 2.24) is 0 Å². The summed E-state index contributed by atoms with van der Waals surface area (Å²) in [5, 5.41) is 2.63. The highest BCUT2D eigenvalue weighted by molar-refractivity contribution is 7.92. The van der Waals surface area contributed by atoms with Crippen molar-refractivity contribution in [2.75, 3.05) is 17.1 Å². The van der Waals surface area contributed by atoms with Crippen molar-refractivity contribution in [3.63, 3.8) is 0 Å². The monoisotopic (exact) mass is 334 g/mol. The molecule has 7 heteroatoms. The molecule has 0 atom stereocenters. The number of sulfonamides is 1. The number of ether oxygens (including phenoxy) is 1. The van der Waals surface area contributed by atoms with Crippen LogP contribution in [0.2, 0.25) is 0 Å². The zero-order chi connectivity index (χ0) is 16.9. The third-order valence-electron chi connectivity index (χ3n) is 3.10. The van der Waals surface area contributed by atoms with Gasteiger partial charge in [-0.25, -0.2) is 8.42 Å². The van der Waals surface area contributed by atoms with Crippen molar-refractivity contribution in [3.8, 4) is 5.75 Å². The molecule has 6 nitrogen and oxygen atoms in total. The number of hydrogen-bond donors (Lipinski definition) is 2. The number of para-hydroxylation sites is 2. The second kappa shape index (κ2) is 7.15. The van der Waals surface area contributed by atoms with E-state index < -0.39 is 10.0 Å². The number of carbonyl (C=O) groups excluding carboxylic acids is 1.